The molecule has 0 bridgehead atoms. The number of hydrogen-bond donors (Lipinski definition) is 0. The Morgan fingerprint density at radius 3 is 1.43 bits per heavy atom. The molecule has 35 heavy (non-hydrogen) atoms. The average Bonchev–Trinajstić information content (AvgIpc) is 2.90. The van der Waals surface area contributed by atoms with Crippen molar-refractivity contribution in [2.24, 2.45) is 0 Å². The molecule has 2 aromatic heterocycles. The van der Waals surface area contributed by atoms with Crippen LogP contribution in [-0.4, -0.2) is 21.2 Å². The van der Waals surface area contributed by atoms with E-state index in [2.05, 4.69) is 38.1 Å². The standard InChI is InChI=1S/C32H48N2O/c1-3-15-27(29-17-7-13-23-33-29)25-31(19-9-5-10-20-31)35-32(21-11-6-12-22-32)26-28(16-4-2)30-18-8-14-24-34-30/h7-8,13-14,17-18,23-24,27-28H,3-6,9-12,15-16,19-22,25-26H2,1-2H3. The predicted octanol–water partition coefficient (Wildman–Crippen LogP) is 9.15. The Bertz CT molecular complexity index is 769. The van der Waals surface area contributed by atoms with Gasteiger partial charge in [-0.15, -0.1) is 0 Å². The maximum atomic E-state index is 7.65. The molecule has 3 nitrogen and oxygen atoms in total. The zero-order chi connectivity index (χ0) is 24.4. The van der Waals surface area contributed by atoms with Crippen molar-refractivity contribution >= 4 is 0 Å². The second-order valence-electron chi connectivity index (χ2n) is 11.5. The number of rotatable bonds is 12. The topological polar surface area (TPSA) is 35.0 Å². The van der Waals surface area contributed by atoms with Crippen molar-refractivity contribution in [2.75, 3.05) is 0 Å². The zero-order valence-electron chi connectivity index (χ0n) is 22.4. The Morgan fingerprint density at radius 2 is 1.09 bits per heavy atom. The van der Waals surface area contributed by atoms with Crippen molar-refractivity contribution in [2.45, 2.75) is 140 Å². The summed E-state index contributed by atoms with van der Waals surface area (Å²) in [7, 11) is 0. The van der Waals surface area contributed by atoms with Crippen LogP contribution >= 0.6 is 0 Å². The number of nitrogens with zero attached hydrogens (tertiary/aromatic N) is 2. The van der Waals surface area contributed by atoms with E-state index < -0.39 is 0 Å². The predicted molar refractivity (Wildman–Crippen MR) is 146 cm³/mol. The highest BCUT2D eigenvalue weighted by molar-refractivity contribution is 5.13. The molecule has 2 aliphatic carbocycles. The van der Waals surface area contributed by atoms with Crippen molar-refractivity contribution in [3.05, 3.63) is 60.2 Å². The highest BCUT2D eigenvalue weighted by Crippen LogP contribution is 2.49. The van der Waals surface area contributed by atoms with Crippen molar-refractivity contribution in [1.29, 1.82) is 0 Å². The van der Waals surface area contributed by atoms with Crippen molar-refractivity contribution in [1.82, 2.24) is 9.97 Å². The van der Waals surface area contributed by atoms with Crippen LogP contribution in [0.3, 0.4) is 0 Å². The molecule has 2 fully saturated rings. The molecule has 4 rings (SSSR count). The molecule has 2 unspecified atom stereocenters. The van der Waals surface area contributed by atoms with Crippen molar-refractivity contribution < 1.29 is 4.74 Å². The molecule has 0 spiro atoms. The van der Waals surface area contributed by atoms with E-state index in [0.29, 0.717) is 11.8 Å². The van der Waals surface area contributed by atoms with Crippen LogP contribution in [0.15, 0.2) is 48.8 Å². The van der Waals surface area contributed by atoms with Crippen LogP contribution in [0, 0.1) is 0 Å². The molecule has 2 heterocycles. The minimum absolute atomic E-state index is 0.00612. The largest absolute Gasteiger partial charge is 0.369 e. The van der Waals surface area contributed by atoms with E-state index in [4.69, 9.17) is 14.7 Å². The first-order valence-electron chi connectivity index (χ1n) is 14.7. The zero-order valence-corrected chi connectivity index (χ0v) is 22.4. The average molecular weight is 477 g/mol. The Morgan fingerprint density at radius 1 is 0.657 bits per heavy atom. The van der Waals surface area contributed by atoms with Gasteiger partial charge in [0.25, 0.3) is 0 Å². The van der Waals surface area contributed by atoms with E-state index in [1.54, 1.807) is 0 Å². The summed E-state index contributed by atoms with van der Waals surface area (Å²) in [4.78, 5) is 9.61. The summed E-state index contributed by atoms with van der Waals surface area (Å²) >= 11 is 0. The van der Waals surface area contributed by atoms with Gasteiger partial charge in [-0.3, -0.25) is 9.97 Å². The summed E-state index contributed by atoms with van der Waals surface area (Å²) < 4.78 is 7.65. The lowest BCUT2D eigenvalue weighted by Gasteiger charge is -2.50. The van der Waals surface area contributed by atoms with Gasteiger partial charge in [-0.05, 0) is 75.6 Å². The van der Waals surface area contributed by atoms with Gasteiger partial charge in [0.2, 0.25) is 0 Å². The van der Waals surface area contributed by atoms with Gasteiger partial charge in [-0.25, -0.2) is 0 Å². The van der Waals surface area contributed by atoms with Crippen LogP contribution in [0.5, 0.6) is 0 Å². The minimum atomic E-state index is -0.00612. The van der Waals surface area contributed by atoms with Gasteiger partial charge in [0, 0.05) is 35.6 Å². The van der Waals surface area contributed by atoms with Gasteiger partial charge in [-0.1, -0.05) is 77.3 Å². The van der Waals surface area contributed by atoms with Crippen LogP contribution in [0.25, 0.3) is 0 Å². The van der Waals surface area contributed by atoms with Crippen LogP contribution in [0.4, 0.5) is 0 Å². The Hall–Kier alpha value is -1.74. The van der Waals surface area contributed by atoms with Gasteiger partial charge in [0.1, 0.15) is 0 Å². The fraction of sp³-hybridized carbons (Fsp3) is 0.688. The monoisotopic (exact) mass is 476 g/mol. The van der Waals surface area contributed by atoms with E-state index in [9.17, 15) is 0 Å². The van der Waals surface area contributed by atoms with Crippen LogP contribution in [0.1, 0.15) is 140 Å². The van der Waals surface area contributed by atoms with Crippen molar-refractivity contribution in [3.8, 4) is 0 Å². The highest BCUT2D eigenvalue weighted by atomic mass is 16.5. The molecular formula is C32H48N2O. The summed E-state index contributed by atoms with van der Waals surface area (Å²) in [5.41, 5.74) is 2.51. The molecule has 2 atom stereocenters. The van der Waals surface area contributed by atoms with E-state index in [1.165, 1.54) is 101 Å². The van der Waals surface area contributed by atoms with Crippen molar-refractivity contribution in [3.63, 3.8) is 0 Å². The number of ether oxygens (including phenoxy) is 1. The fourth-order valence-electron chi connectivity index (χ4n) is 7.09. The smallest absolute Gasteiger partial charge is 0.0696 e. The quantitative estimate of drug-likeness (QED) is 0.306. The third-order valence-electron chi connectivity index (χ3n) is 8.69. The molecule has 2 saturated carbocycles. The fourth-order valence-corrected chi connectivity index (χ4v) is 7.09. The number of aromatic nitrogens is 2. The first kappa shape index (κ1) is 26.3. The molecule has 2 aromatic rings. The first-order valence-corrected chi connectivity index (χ1v) is 14.7. The second-order valence-corrected chi connectivity index (χ2v) is 11.5. The SMILES string of the molecule is CCCC(CC1(OC2(CC(CCC)c3ccccn3)CCCCC2)CCCCC1)c1ccccn1. The minimum Gasteiger partial charge on any atom is -0.369 e. The third kappa shape index (κ3) is 7.15. The summed E-state index contributed by atoms with van der Waals surface area (Å²) in [5.74, 6) is 0.976. The maximum absolute atomic E-state index is 7.65. The van der Waals surface area contributed by atoms with Gasteiger partial charge >= 0.3 is 0 Å². The second kappa shape index (κ2) is 13.0. The van der Waals surface area contributed by atoms with E-state index in [1.807, 2.05) is 24.5 Å². The molecule has 0 radical (unpaired) electrons. The summed E-state index contributed by atoms with van der Waals surface area (Å²) in [5, 5.41) is 0. The molecule has 0 aliphatic heterocycles. The maximum Gasteiger partial charge on any atom is 0.0696 e. The van der Waals surface area contributed by atoms with Crippen LogP contribution < -0.4 is 0 Å². The van der Waals surface area contributed by atoms with Crippen LogP contribution in [0.2, 0.25) is 0 Å². The molecule has 0 amide bonds. The third-order valence-corrected chi connectivity index (χ3v) is 8.69. The summed E-state index contributed by atoms with van der Waals surface area (Å²) in [6.07, 6.45) is 23.7. The lowest BCUT2D eigenvalue weighted by atomic mass is 9.72. The summed E-state index contributed by atoms with van der Waals surface area (Å²) in [6.45, 7) is 4.63. The Kier molecular flexibility index (Phi) is 9.77. The lowest BCUT2D eigenvalue weighted by Crippen LogP contribution is -2.48. The van der Waals surface area contributed by atoms with Gasteiger partial charge in [-0.2, -0.15) is 0 Å². The molecular weight excluding hydrogens is 428 g/mol. The van der Waals surface area contributed by atoms with Gasteiger partial charge in [0.15, 0.2) is 0 Å². The van der Waals surface area contributed by atoms with Gasteiger partial charge < -0.3 is 4.74 Å². The molecule has 0 aromatic carbocycles. The molecule has 192 valence electrons. The van der Waals surface area contributed by atoms with E-state index in [0.717, 1.165) is 12.8 Å². The number of pyridine rings is 2. The highest BCUT2D eigenvalue weighted by Gasteiger charge is 2.45. The van der Waals surface area contributed by atoms with Gasteiger partial charge in [0.05, 0.1) is 11.2 Å². The lowest BCUT2D eigenvalue weighted by molar-refractivity contribution is -0.195. The molecule has 0 N–H and O–H groups in total. The molecule has 0 saturated heterocycles. The Labute approximate surface area is 214 Å². The summed E-state index contributed by atoms with van der Waals surface area (Å²) in [6, 6.07) is 12.9. The first-order chi connectivity index (χ1) is 17.2. The van der Waals surface area contributed by atoms with E-state index >= 15 is 0 Å². The number of hydrogen-bond acceptors (Lipinski definition) is 3. The molecule has 3 heteroatoms. The Balaban J connectivity index is 1.61. The van der Waals surface area contributed by atoms with Crippen LogP contribution in [-0.2, 0) is 4.74 Å². The molecule has 2 aliphatic rings. The normalized spacial score (nSPS) is 21.3. The van der Waals surface area contributed by atoms with E-state index in [-0.39, 0.29) is 11.2 Å².